The molecule has 2 N–H and O–H groups in total. The van der Waals surface area contributed by atoms with Crippen LogP contribution in [0.5, 0.6) is 0 Å². The van der Waals surface area contributed by atoms with Crippen LogP contribution in [0.3, 0.4) is 0 Å². The minimum absolute atomic E-state index is 0.431. The summed E-state index contributed by atoms with van der Waals surface area (Å²) in [6.45, 7) is 0. The van der Waals surface area contributed by atoms with Crippen LogP contribution in [0.4, 0.5) is 0 Å². The summed E-state index contributed by atoms with van der Waals surface area (Å²) >= 11 is 0. The first kappa shape index (κ1) is 7.34. The molecule has 0 amide bonds. The van der Waals surface area contributed by atoms with Gasteiger partial charge in [0.05, 0.1) is 18.2 Å². The highest BCUT2D eigenvalue weighted by atomic mass is 16.3. The molecule has 0 heterocycles. The number of aliphatic hydroxyl groups excluding tert-OH is 2. The van der Waals surface area contributed by atoms with E-state index in [-0.39, 0.29) is 0 Å². The van der Waals surface area contributed by atoms with Gasteiger partial charge in [-0.3, -0.25) is 0 Å². The van der Waals surface area contributed by atoms with Gasteiger partial charge < -0.3 is 10.2 Å². The second-order valence-electron chi connectivity index (χ2n) is 2.41. The van der Waals surface area contributed by atoms with Gasteiger partial charge in [-0.1, -0.05) is 5.11 Å². The van der Waals surface area contributed by atoms with E-state index >= 15 is 0 Å². The third kappa shape index (κ3) is 1.21. The standard InChI is InChI=1S/C5H9N3O2/c6-8-7-3-1-2-4(9)5(3)10/h3-5,9-10H,1-2H2/t3-,4-,5+/m1/s1. The van der Waals surface area contributed by atoms with E-state index in [4.69, 9.17) is 15.7 Å². The Morgan fingerprint density at radius 3 is 2.50 bits per heavy atom. The van der Waals surface area contributed by atoms with Crippen molar-refractivity contribution < 1.29 is 10.2 Å². The molecule has 0 radical (unpaired) electrons. The fourth-order valence-electron chi connectivity index (χ4n) is 1.13. The molecule has 1 rings (SSSR count). The van der Waals surface area contributed by atoms with Gasteiger partial charge in [0.25, 0.3) is 0 Å². The van der Waals surface area contributed by atoms with E-state index in [9.17, 15) is 0 Å². The molecule has 0 aromatic carbocycles. The molecule has 0 aromatic rings. The Morgan fingerprint density at radius 2 is 2.10 bits per heavy atom. The fourth-order valence-corrected chi connectivity index (χ4v) is 1.13. The summed E-state index contributed by atoms with van der Waals surface area (Å²) in [7, 11) is 0. The van der Waals surface area contributed by atoms with Crippen LogP contribution in [0.25, 0.3) is 10.4 Å². The van der Waals surface area contributed by atoms with Crippen LogP contribution in [0.1, 0.15) is 12.8 Å². The Morgan fingerprint density at radius 1 is 1.40 bits per heavy atom. The second kappa shape index (κ2) is 2.88. The molecule has 3 atom stereocenters. The molecule has 1 aliphatic carbocycles. The first-order valence-corrected chi connectivity index (χ1v) is 3.16. The third-order valence-corrected chi connectivity index (χ3v) is 1.75. The topological polar surface area (TPSA) is 89.2 Å². The van der Waals surface area contributed by atoms with E-state index in [1.807, 2.05) is 0 Å². The summed E-state index contributed by atoms with van der Waals surface area (Å²) in [5.74, 6) is 0. The maximum Gasteiger partial charge on any atom is 0.0883 e. The van der Waals surface area contributed by atoms with Gasteiger partial charge in [0.15, 0.2) is 0 Å². The molecule has 56 valence electrons. The molecule has 5 heteroatoms. The second-order valence-corrected chi connectivity index (χ2v) is 2.41. The highest BCUT2D eigenvalue weighted by molar-refractivity contribution is 4.89. The van der Waals surface area contributed by atoms with Gasteiger partial charge in [-0.25, -0.2) is 0 Å². The zero-order chi connectivity index (χ0) is 7.56. The monoisotopic (exact) mass is 143 g/mol. The summed E-state index contributed by atoms with van der Waals surface area (Å²) in [6.07, 6.45) is -0.483. The molecule has 0 bridgehead atoms. The van der Waals surface area contributed by atoms with Crippen molar-refractivity contribution in [2.45, 2.75) is 31.1 Å². The molecule has 1 fully saturated rings. The maximum atomic E-state index is 9.07. The first-order chi connectivity index (χ1) is 4.75. The molecule has 0 saturated heterocycles. The molecule has 1 aliphatic rings. The Balaban J connectivity index is 2.56. The van der Waals surface area contributed by atoms with Crippen LogP contribution in [0, 0.1) is 0 Å². The van der Waals surface area contributed by atoms with Gasteiger partial charge in [-0.2, -0.15) is 0 Å². The highest BCUT2D eigenvalue weighted by Crippen LogP contribution is 2.22. The number of rotatable bonds is 1. The maximum absolute atomic E-state index is 9.07. The van der Waals surface area contributed by atoms with Crippen LogP contribution >= 0.6 is 0 Å². The summed E-state index contributed by atoms with van der Waals surface area (Å²) in [4.78, 5) is 2.56. The molecule has 0 unspecified atom stereocenters. The van der Waals surface area contributed by atoms with Crippen molar-refractivity contribution >= 4 is 0 Å². The van der Waals surface area contributed by atoms with E-state index in [0.717, 1.165) is 0 Å². The van der Waals surface area contributed by atoms with E-state index in [1.54, 1.807) is 0 Å². The van der Waals surface area contributed by atoms with Crippen molar-refractivity contribution in [1.82, 2.24) is 0 Å². The van der Waals surface area contributed by atoms with Gasteiger partial charge in [-0.15, -0.1) is 0 Å². The molecule has 0 aromatic heterocycles. The molecular weight excluding hydrogens is 134 g/mol. The van der Waals surface area contributed by atoms with Crippen molar-refractivity contribution in [2.75, 3.05) is 0 Å². The van der Waals surface area contributed by atoms with Gasteiger partial charge in [0.2, 0.25) is 0 Å². The van der Waals surface area contributed by atoms with Crippen LogP contribution < -0.4 is 0 Å². The number of azide groups is 1. The average molecular weight is 143 g/mol. The number of nitrogens with zero attached hydrogens (tertiary/aromatic N) is 3. The number of hydrogen-bond acceptors (Lipinski definition) is 3. The summed E-state index contributed by atoms with van der Waals surface area (Å²) < 4.78 is 0. The lowest BCUT2D eigenvalue weighted by Gasteiger charge is -2.09. The largest absolute Gasteiger partial charge is 0.390 e. The van der Waals surface area contributed by atoms with Crippen molar-refractivity contribution in [1.29, 1.82) is 0 Å². The Bertz CT molecular complexity index is 166. The van der Waals surface area contributed by atoms with Crippen LogP contribution in [0.15, 0.2) is 5.11 Å². The predicted molar refractivity (Wildman–Crippen MR) is 34.2 cm³/mol. The highest BCUT2D eigenvalue weighted by Gasteiger charge is 2.32. The smallest absolute Gasteiger partial charge is 0.0883 e. The predicted octanol–water partition coefficient (Wildman–Crippen LogP) is 0.181. The van der Waals surface area contributed by atoms with Crippen molar-refractivity contribution in [2.24, 2.45) is 5.11 Å². The molecule has 10 heavy (non-hydrogen) atoms. The summed E-state index contributed by atoms with van der Waals surface area (Å²) in [5, 5.41) is 21.4. The van der Waals surface area contributed by atoms with Crippen LogP contribution in [-0.2, 0) is 0 Å². The minimum Gasteiger partial charge on any atom is -0.390 e. The lowest BCUT2D eigenvalue weighted by molar-refractivity contribution is 0.0364. The number of aliphatic hydroxyl groups is 2. The van der Waals surface area contributed by atoms with Gasteiger partial charge >= 0.3 is 0 Å². The van der Waals surface area contributed by atoms with E-state index in [2.05, 4.69) is 10.0 Å². The zero-order valence-electron chi connectivity index (χ0n) is 5.38. The Hall–Kier alpha value is -0.770. The molecular formula is C5H9N3O2. The molecule has 0 aliphatic heterocycles. The van der Waals surface area contributed by atoms with Crippen molar-refractivity contribution in [3.8, 4) is 0 Å². The van der Waals surface area contributed by atoms with Crippen molar-refractivity contribution in [3.05, 3.63) is 10.4 Å². The fraction of sp³-hybridized carbons (Fsp3) is 1.00. The molecule has 0 spiro atoms. The van der Waals surface area contributed by atoms with E-state index < -0.39 is 18.2 Å². The lowest BCUT2D eigenvalue weighted by Crippen LogP contribution is -2.26. The van der Waals surface area contributed by atoms with Crippen LogP contribution in [-0.4, -0.2) is 28.5 Å². The average Bonchev–Trinajstić information content (AvgIpc) is 2.20. The Labute approximate surface area is 57.9 Å². The zero-order valence-corrected chi connectivity index (χ0v) is 5.38. The van der Waals surface area contributed by atoms with Crippen LogP contribution in [0.2, 0.25) is 0 Å². The molecule has 1 saturated carbocycles. The van der Waals surface area contributed by atoms with E-state index in [0.29, 0.717) is 12.8 Å². The normalized spacial score (nSPS) is 39.2. The minimum atomic E-state index is -0.865. The van der Waals surface area contributed by atoms with Gasteiger partial charge in [0.1, 0.15) is 0 Å². The Kier molecular flexibility index (Phi) is 2.11. The van der Waals surface area contributed by atoms with E-state index in [1.165, 1.54) is 0 Å². The van der Waals surface area contributed by atoms with Gasteiger partial charge in [0, 0.05) is 4.91 Å². The quantitative estimate of drug-likeness (QED) is 0.311. The van der Waals surface area contributed by atoms with Gasteiger partial charge in [-0.05, 0) is 18.4 Å². The third-order valence-electron chi connectivity index (χ3n) is 1.75. The first-order valence-electron chi connectivity index (χ1n) is 3.16. The number of hydrogen-bond donors (Lipinski definition) is 2. The summed E-state index contributed by atoms with van der Waals surface area (Å²) in [5.41, 5.74) is 8.00. The lowest BCUT2D eigenvalue weighted by atomic mass is 10.2. The van der Waals surface area contributed by atoms with Crippen molar-refractivity contribution in [3.63, 3.8) is 0 Å². The molecule has 5 nitrogen and oxygen atoms in total. The summed E-state index contributed by atoms with van der Waals surface area (Å²) in [6, 6.07) is -0.431. The SMILES string of the molecule is [N-]=[N+]=N[C@@H]1CC[C@@H](O)[C@H]1O.